The van der Waals surface area contributed by atoms with E-state index in [1.165, 1.54) is 0 Å². The Balaban J connectivity index is 1.49. The Hall–Kier alpha value is -3.09. The van der Waals surface area contributed by atoms with E-state index in [4.69, 9.17) is 9.15 Å². The molecule has 0 aliphatic carbocycles. The summed E-state index contributed by atoms with van der Waals surface area (Å²) >= 11 is 0. The standard InChI is InChI=1S/C22H26N4O3/c1-16-12-24-25(14-16)15-21(27)26-10-6-5-8-19(26)22-23-13-18(29-22)11-17-7-3-4-9-20(17)28-2/h3-4,7,9,12-14,19H,5-6,8,10-11,15H2,1-2H3/t19-/m1/s1. The molecule has 4 rings (SSSR count). The van der Waals surface area contributed by atoms with Crippen LogP contribution in [0.1, 0.15) is 48.1 Å². The lowest BCUT2D eigenvalue weighted by molar-refractivity contribution is -0.136. The molecule has 0 saturated carbocycles. The maximum Gasteiger partial charge on any atom is 0.244 e. The number of benzene rings is 1. The highest BCUT2D eigenvalue weighted by Crippen LogP contribution is 2.31. The molecule has 3 aromatic rings. The van der Waals surface area contributed by atoms with Gasteiger partial charge in [-0.25, -0.2) is 4.98 Å². The number of hydrogen-bond donors (Lipinski definition) is 0. The average Bonchev–Trinajstić information content (AvgIpc) is 3.37. The molecule has 7 nitrogen and oxygen atoms in total. The number of nitrogens with zero attached hydrogens (tertiary/aromatic N) is 4. The quantitative estimate of drug-likeness (QED) is 0.639. The first-order chi connectivity index (χ1) is 14.1. The van der Waals surface area contributed by atoms with E-state index in [0.717, 1.165) is 41.9 Å². The smallest absolute Gasteiger partial charge is 0.244 e. The highest BCUT2D eigenvalue weighted by atomic mass is 16.5. The van der Waals surface area contributed by atoms with Crippen LogP contribution in [-0.2, 0) is 17.8 Å². The maximum atomic E-state index is 12.9. The summed E-state index contributed by atoms with van der Waals surface area (Å²) in [6.07, 6.45) is 8.92. The van der Waals surface area contributed by atoms with Crippen molar-refractivity contribution >= 4 is 5.91 Å². The van der Waals surface area contributed by atoms with Crippen molar-refractivity contribution in [2.45, 2.75) is 45.2 Å². The van der Waals surface area contributed by atoms with Gasteiger partial charge in [-0.2, -0.15) is 5.10 Å². The van der Waals surface area contributed by atoms with Crippen LogP contribution in [-0.4, -0.2) is 39.2 Å². The molecule has 0 unspecified atom stereocenters. The third kappa shape index (κ3) is 4.34. The summed E-state index contributed by atoms with van der Waals surface area (Å²) in [7, 11) is 1.66. The molecule has 0 spiro atoms. The Morgan fingerprint density at radius 1 is 1.28 bits per heavy atom. The summed E-state index contributed by atoms with van der Waals surface area (Å²) in [5.74, 6) is 2.25. The SMILES string of the molecule is COc1ccccc1Cc1cnc([C@H]2CCCCN2C(=O)Cn2cc(C)cn2)o1. The molecule has 0 bridgehead atoms. The van der Waals surface area contributed by atoms with Gasteiger partial charge in [0.1, 0.15) is 24.1 Å². The third-order valence-corrected chi connectivity index (χ3v) is 5.30. The maximum absolute atomic E-state index is 12.9. The minimum atomic E-state index is -0.126. The van der Waals surface area contributed by atoms with Gasteiger partial charge in [0.05, 0.1) is 19.5 Å². The molecule has 1 aliphatic rings. The van der Waals surface area contributed by atoms with E-state index in [1.54, 1.807) is 24.2 Å². The van der Waals surface area contributed by atoms with Gasteiger partial charge in [0.25, 0.3) is 0 Å². The fourth-order valence-corrected chi connectivity index (χ4v) is 3.86. The van der Waals surface area contributed by atoms with E-state index >= 15 is 0 Å². The Labute approximate surface area is 170 Å². The minimum absolute atomic E-state index is 0.0438. The second kappa shape index (κ2) is 8.51. The number of methoxy groups -OCH3 is 1. The highest BCUT2D eigenvalue weighted by Gasteiger charge is 2.31. The first-order valence-electron chi connectivity index (χ1n) is 9.99. The number of ether oxygens (including phenoxy) is 1. The van der Waals surface area contributed by atoms with Crippen molar-refractivity contribution in [3.05, 3.63) is 65.6 Å². The molecule has 1 saturated heterocycles. The van der Waals surface area contributed by atoms with Crippen LogP contribution in [0, 0.1) is 6.92 Å². The molecule has 2 aromatic heterocycles. The Morgan fingerprint density at radius 3 is 2.93 bits per heavy atom. The number of aryl methyl sites for hydroxylation is 1. The van der Waals surface area contributed by atoms with Crippen LogP contribution in [0.15, 0.2) is 47.3 Å². The zero-order valence-corrected chi connectivity index (χ0v) is 16.9. The van der Waals surface area contributed by atoms with E-state index in [9.17, 15) is 4.79 Å². The van der Waals surface area contributed by atoms with Gasteiger partial charge in [-0.1, -0.05) is 18.2 Å². The summed E-state index contributed by atoms with van der Waals surface area (Å²) in [6, 6.07) is 7.75. The van der Waals surface area contributed by atoms with E-state index in [-0.39, 0.29) is 18.5 Å². The molecule has 1 amide bonds. The molecule has 29 heavy (non-hydrogen) atoms. The lowest BCUT2D eigenvalue weighted by Crippen LogP contribution is -2.40. The highest BCUT2D eigenvalue weighted by molar-refractivity contribution is 5.76. The predicted molar refractivity (Wildman–Crippen MR) is 108 cm³/mol. The van der Waals surface area contributed by atoms with Crippen molar-refractivity contribution < 1.29 is 13.9 Å². The molecular formula is C22H26N4O3. The van der Waals surface area contributed by atoms with Gasteiger partial charge in [-0.05, 0) is 37.8 Å². The fraction of sp³-hybridized carbons (Fsp3) is 0.409. The van der Waals surface area contributed by atoms with Crippen LogP contribution in [0.5, 0.6) is 5.75 Å². The number of hydrogen-bond acceptors (Lipinski definition) is 5. The second-order valence-corrected chi connectivity index (χ2v) is 7.47. The van der Waals surface area contributed by atoms with Gasteiger partial charge in [0.2, 0.25) is 11.8 Å². The summed E-state index contributed by atoms with van der Waals surface area (Å²) in [5.41, 5.74) is 2.09. The van der Waals surface area contributed by atoms with Crippen LogP contribution < -0.4 is 4.74 Å². The molecule has 152 valence electrons. The molecule has 1 aromatic carbocycles. The molecule has 0 N–H and O–H groups in total. The average molecular weight is 394 g/mol. The second-order valence-electron chi connectivity index (χ2n) is 7.47. The normalized spacial score (nSPS) is 16.8. The molecule has 3 heterocycles. The van der Waals surface area contributed by atoms with E-state index in [2.05, 4.69) is 10.1 Å². The molecule has 0 radical (unpaired) electrons. The zero-order valence-electron chi connectivity index (χ0n) is 16.9. The van der Waals surface area contributed by atoms with Crippen molar-refractivity contribution in [2.24, 2.45) is 0 Å². The number of carbonyl (C=O) groups excluding carboxylic acids is 1. The summed E-state index contributed by atoms with van der Waals surface area (Å²) in [5, 5.41) is 4.23. The summed E-state index contributed by atoms with van der Waals surface area (Å²) < 4.78 is 13.2. The third-order valence-electron chi connectivity index (χ3n) is 5.30. The van der Waals surface area contributed by atoms with Crippen LogP contribution in [0.2, 0.25) is 0 Å². The lowest BCUT2D eigenvalue weighted by atomic mass is 10.0. The largest absolute Gasteiger partial charge is 0.496 e. The van der Waals surface area contributed by atoms with Crippen molar-refractivity contribution in [2.75, 3.05) is 13.7 Å². The monoisotopic (exact) mass is 394 g/mol. The van der Waals surface area contributed by atoms with Gasteiger partial charge < -0.3 is 14.1 Å². The van der Waals surface area contributed by atoms with Gasteiger partial charge >= 0.3 is 0 Å². The van der Waals surface area contributed by atoms with E-state index in [1.807, 2.05) is 42.3 Å². The summed E-state index contributed by atoms with van der Waals surface area (Å²) in [4.78, 5) is 19.3. The van der Waals surface area contributed by atoms with Gasteiger partial charge in [-0.15, -0.1) is 0 Å². The van der Waals surface area contributed by atoms with Crippen molar-refractivity contribution in [1.29, 1.82) is 0 Å². The van der Waals surface area contributed by atoms with Crippen LogP contribution >= 0.6 is 0 Å². The zero-order chi connectivity index (χ0) is 20.2. The molecule has 7 heteroatoms. The first-order valence-corrected chi connectivity index (χ1v) is 9.99. The number of piperidine rings is 1. The van der Waals surface area contributed by atoms with Crippen molar-refractivity contribution in [3.8, 4) is 5.75 Å². The Morgan fingerprint density at radius 2 is 2.14 bits per heavy atom. The first kappa shape index (κ1) is 19.2. The summed E-state index contributed by atoms with van der Waals surface area (Å²) in [6.45, 7) is 2.92. The lowest BCUT2D eigenvalue weighted by Gasteiger charge is -2.33. The predicted octanol–water partition coefficient (Wildman–Crippen LogP) is 3.53. The number of para-hydroxylation sites is 1. The van der Waals surface area contributed by atoms with Gasteiger partial charge in [0.15, 0.2) is 0 Å². The Kier molecular flexibility index (Phi) is 5.64. The van der Waals surface area contributed by atoms with Gasteiger partial charge in [0, 0.05) is 24.7 Å². The molecule has 1 fully saturated rings. The van der Waals surface area contributed by atoms with E-state index in [0.29, 0.717) is 18.9 Å². The fourth-order valence-electron chi connectivity index (χ4n) is 3.86. The number of likely N-dealkylation sites (tertiary alicyclic amines) is 1. The van der Waals surface area contributed by atoms with Crippen LogP contribution in [0.3, 0.4) is 0 Å². The van der Waals surface area contributed by atoms with E-state index < -0.39 is 0 Å². The number of oxazole rings is 1. The topological polar surface area (TPSA) is 73.4 Å². The molecule has 1 atom stereocenters. The van der Waals surface area contributed by atoms with Crippen molar-refractivity contribution in [1.82, 2.24) is 19.7 Å². The number of rotatable bonds is 6. The van der Waals surface area contributed by atoms with Crippen LogP contribution in [0.4, 0.5) is 0 Å². The Bertz CT molecular complexity index is 978. The molecule has 1 aliphatic heterocycles. The minimum Gasteiger partial charge on any atom is -0.496 e. The number of aromatic nitrogens is 3. The number of amides is 1. The number of carbonyl (C=O) groups is 1. The van der Waals surface area contributed by atoms with Gasteiger partial charge in [-0.3, -0.25) is 9.48 Å². The molecular weight excluding hydrogens is 368 g/mol. The van der Waals surface area contributed by atoms with Crippen LogP contribution in [0.25, 0.3) is 0 Å². The van der Waals surface area contributed by atoms with Crippen molar-refractivity contribution in [3.63, 3.8) is 0 Å².